The van der Waals surface area contributed by atoms with E-state index in [1.165, 1.54) is 10.9 Å². The van der Waals surface area contributed by atoms with E-state index >= 15 is 0 Å². The fraction of sp³-hybridized carbons (Fsp3) is 0.312. The Balaban J connectivity index is 2.16. The summed E-state index contributed by atoms with van der Waals surface area (Å²) in [6.45, 7) is 5.95. The zero-order chi connectivity index (χ0) is 17.7. The molecule has 0 atom stereocenters. The molecule has 0 radical (unpaired) electrons. The Kier molecular flexibility index (Phi) is 5.41. The van der Waals surface area contributed by atoms with Crippen LogP contribution >= 0.6 is 0 Å². The second kappa shape index (κ2) is 7.49. The SMILES string of the molecule is CCOC(=O)NNC(=O)c1nn(-c2cccc(C(C)C)c2)cc1O. The predicted molar refractivity (Wildman–Crippen MR) is 86.9 cm³/mol. The van der Waals surface area contributed by atoms with Crippen molar-refractivity contribution in [2.45, 2.75) is 26.7 Å². The second-order valence-electron chi connectivity index (χ2n) is 5.36. The number of benzene rings is 1. The van der Waals surface area contributed by atoms with Crippen molar-refractivity contribution in [2.24, 2.45) is 0 Å². The van der Waals surface area contributed by atoms with Gasteiger partial charge in [-0.3, -0.25) is 10.2 Å². The third-order valence-electron chi connectivity index (χ3n) is 3.26. The molecule has 1 aromatic carbocycles. The maximum atomic E-state index is 12.0. The number of aromatic nitrogens is 2. The molecule has 0 spiro atoms. The number of aromatic hydroxyl groups is 1. The molecule has 0 saturated carbocycles. The van der Waals surface area contributed by atoms with Crippen LogP contribution in [0.1, 0.15) is 42.7 Å². The quantitative estimate of drug-likeness (QED) is 0.744. The second-order valence-corrected chi connectivity index (χ2v) is 5.36. The summed E-state index contributed by atoms with van der Waals surface area (Å²) in [5.74, 6) is -0.710. The molecule has 0 bridgehead atoms. The van der Waals surface area contributed by atoms with Crippen LogP contribution < -0.4 is 10.9 Å². The van der Waals surface area contributed by atoms with E-state index in [9.17, 15) is 14.7 Å². The molecule has 1 heterocycles. The lowest BCUT2D eigenvalue weighted by Crippen LogP contribution is -2.42. The maximum absolute atomic E-state index is 12.0. The highest BCUT2D eigenvalue weighted by Gasteiger charge is 2.18. The first-order valence-electron chi connectivity index (χ1n) is 7.54. The highest BCUT2D eigenvalue weighted by atomic mass is 16.5. The van der Waals surface area contributed by atoms with Crippen molar-refractivity contribution in [1.82, 2.24) is 20.6 Å². The number of hydrogen-bond acceptors (Lipinski definition) is 5. The summed E-state index contributed by atoms with van der Waals surface area (Å²) in [5.41, 5.74) is 5.80. The van der Waals surface area contributed by atoms with Gasteiger partial charge in [-0.25, -0.2) is 14.9 Å². The van der Waals surface area contributed by atoms with Gasteiger partial charge in [0.05, 0.1) is 18.5 Å². The molecule has 0 unspecified atom stereocenters. The van der Waals surface area contributed by atoms with Crippen LogP contribution in [-0.2, 0) is 4.74 Å². The van der Waals surface area contributed by atoms with Gasteiger partial charge in [0.15, 0.2) is 11.4 Å². The van der Waals surface area contributed by atoms with Crippen LogP contribution in [0, 0.1) is 0 Å². The lowest BCUT2D eigenvalue weighted by molar-refractivity contribution is 0.0904. The molecular weight excluding hydrogens is 312 g/mol. The van der Waals surface area contributed by atoms with E-state index in [2.05, 4.69) is 34.5 Å². The van der Waals surface area contributed by atoms with Crippen LogP contribution in [0.4, 0.5) is 4.79 Å². The number of nitrogens with one attached hydrogen (secondary N) is 2. The van der Waals surface area contributed by atoms with Crippen LogP contribution in [-0.4, -0.2) is 33.5 Å². The van der Waals surface area contributed by atoms with E-state index in [0.29, 0.717) is 11.6 Å². The number of nitrogens with zero attached hydrogens (tertiary/aromatic N) is 2. The van der Waals surface area contributed by atoms with Gasteiger partial charge in [-0.2, -0.15) is 5.10 Å². The Morgan fingerprint density at radius 1 is 1.33 bits per heavy atom. The van der Waals surface area contributed by atoms with Gasteiger partial charge in [-0.05, 0) is 30.5 Å². The Bertz CT molecular complexity index is 739. The minimum absolute atomic E-state index is 0.174. The number of carbonyl (C=O) groups is 2. The van der Waals surface area contributed by atoms with Gasteiger partial charge < -0.3 is 9.84 Å². The van der Waals surface area contributed by atoms with Crippen molar-refractivity contribution in [3.63, 3.8) is 0 Å². The van der Waals surface area contributed by atoms with Crippen molar-refractivity contribution in [2.75, 3.05) is 6.61 Å². The summed E-state index contributed by atoms with van der Waals surface area (Å²) in [6.07, 6.45) is 0.535. The van der Waals surface area contributed by atoms with Crippen LogP contribution in [0.15, 0.2) is 30.5 Å². The number of ether oxygens (including phenoxy) is 1. The average Bonchev–Trinajstić information content (AvgIpc) is 2.95. The monoisotopic (exact) mass is 332 g/mol. The van der Waals surface area contributed by atoms with Gasteiger partial charge in [0.2, 0.25) is 0 Å². The first-order chi connectivity index (χ1) is 11.4. The molecular formula is C16H20N4O4. The number of amides is 2. The normalized spacial score (nSPS) is 10.5. The molecule has 2 rings (SSSR count). The Morgan fingerprint density at radius 3 is 2.75 bits per heavy atom. The molecule has 2 amide bonds. The third kappa shape index (κ3) is 4.03. The lowest BCUT2D eigenvalue weighted by Gasteiger charge is -2.08. The Labute approximate surface area is 139 Å². The standard InChI is InChI=1S/C16H20N4O4/c1-4-24-16(23)18-17-15(22)14-13(21)9-20(19-14)12-7-5-6-11(8-12)10(2)3/h5-10,21H,4H2,1-3H3,(H,17,22)(H,18,23). The fourth-order valence-electron chi connectivity index (χ4n) is 2.02. The van der Waals surface area contributed by atoms with Crippen LogP contribution in [0.2, 0.25) is 0 Å². The van der Waals surface area contributed by atoms with E-state index in [-0.39, 0.29) is 18.1 Å². The van der Waals surface area contributed by atoms with Crippen LogP contribution in [0.3, 0.4) is 0 Å². The zero-order valence-corrected chi connectivity index (χ0v) is 13.7. The molecule has 0 aliphatic rings. The van der Waals surface area contributed by atoms with E-state index in [1.807, 2.05) is 24.3 Å². The molecule has 128 valence electrons. The maximum Gasteiger partial charge on any atom is 0.426 e. The van der Waals surface area contributed by atoms with E-state index in [0.717, 1.165) is 5.56 Å². The van der Waals surface area contributed by atoms with Crippen molar-refractivity contribution < 1.29 is 19.4 Å². The predicted octanol–water partition coefficient (Wildman–Crippen LogP) is 2.09. The molecule has 24 heavy (non-hydrogen) atoms. The Hall–Kier alpha value is -3.03. The van der Waals surface area contributed by atoms with Crippen molar-refractivity contribution >= 4 is 12.0 Å². The van der Waals surface area contributed by atoms with Gasteiger partial charge in [-0.1, -0.05) is 26.0 Å². The van der Waals surface area contributed by atoms with E-state index in [1.54, 1.807) is 6.92 Å². The van der Waals surface area contributed by atoms with Crippen molar-refractivity contribution in [3.05, 3.63) is 41.7 Å². The topological polar surface area (TPSA) is 105 Å². The third-order valence-corrected chi connectivity index (χ3v) is 3.26. The molecule has 8 heteroatoms. The fourth-order valence-corrected chi connectivity index (χ4v) is 2.02. The lowest BCUT2D eigenvalue weighted by atomic mass is 10.0. The van der Waals surface area contributed by atoms with Gasteiger partial charge in [0.25, 0.3) is 5.91 Å². The van der Waals surface area contributed by atoms with Crippen LogP contribution in [0.25, 0.3) is 5.69 Å². The first kappa shape index (κ1) is 17.3. The summed E-state index contributed by atoms with van der Waals surface area (Å²) in [5, 5.41) is 14.0. The molecule has 1 aromatic heterocycles. The Morgan fingerprint density at radius 2 is 2.08 bits per heavy atom. The number of rotatable bonds is 4. The minimum atomic E-state index is -0.797. The van der Waals surface area contributed by atoms with E-state index in [4.69, 9.17) is 0 Å². The number of hydrogen-bond donors (Lipinski definition) is 3. The molecule has 0 aliphatic heterocycles. The summed E-state index contributed by atoms with van der Waals surface area (Å²) >= 11 is 0. The van der Waals surface area contributed by atoms with Gasteiger partial charge in [0.1, 0.15) is 0 Å². The number of hydrazine groups is 1. The van der Waals surface area contributed by atoms with E-state index < -0.39 is 12.0 Å². The summed E-state index contributed by atoms with van der Waals surface area (Å²) in [4.78, 5) is 23.1. The summed E-state index contributed by atoms with van der Waals surface area (Å²) in [6, 6.07) is 7.62. The van der Waals surface area contributed by atoms with Gasteiger partial charge >= 0.3 is 6.09 Å². The zero-order valence-electron chi connectivity index (χ0n) is 13.7. The summed E-state index contributed by atoms with van der Waals surface area (Å²) in [7, 11) is 0. The average molecular weight is 332 g/mol. The molecule has 0 fully saturated rings. The first-order valence-corrected chi connectivity index (χ1v) is 7.54. The van der Waals surface area contributed by atoms with Crippen molar-refractivity contribution in [3.8, 4) is 11.4 Å². The summed E-state index contributed by atoms with van der Waals surface area (Å²) < 4.78 is 6.02. The molecule has 3 N–H and O–H groups in total. The minimum Gasteiger partial charge on any atom is -0.504 e. The van der Waals surface area contributed by atoms with Gasteiger partial charge in [0, 0.05) is 0 Å². The highest BCUT2D eigenvalue weighted by Crippen LogP contribution is 2.21. The largest absolute Gasteiger partial charge is 0.504 e. The van der Waals surface area contributed by atoms with Crippen molar-refractivity contribution in [1.29, 1.82) is 0 Å². The molecule has 2 aromatic rings. The van der Waals surface area contributed by atoms with Gasteiger partial charge in [-0.15, -0.1) is 0 Å². The highest BCUT2D eigenvalue weighted by molar-refractivity contribution is 5.95. The number of carbonyl (C=O) groups excluding carboxylic acids is 2. The molecule has 0 aliphatic carbocycles. The molecule has 8 nitrogen and oxygen atoms in total. The smallest absolute Gasteiger partial charge is 0.426 e. The van der Waals surface area contributed by atoms with Crippen LogP contribution in [0.5, 0.6) is 5.75 Å². The molecule has 0 saturated heterocycles.